The van der Waals surface area contributed by atoms with E-state index in [1.165, 1.54) is 0 Å². The molecular formula is C13H13ClOS. The third kappa shape index (κ3) is 2.14. The van der Waals surface area contributed by atoms with Gasteiger partial charge in [-0.25, -0.2) is 0 Å². The molecule has 0 spiro atoms. The van der Waals surface area contributed by atoms with Gasteiger partial charge in [-0.05, 0) is 48.1 Å². The topological polar surface area (TPSA) is 20.2 Å². The van der Waals surface area contributed by atoms with Crippen molar-refractivity contribution in [2.45, 2.75) is 20.0 Å². The van der Waals surface area contributed by atoms with Crippen molar-refractivity contribution in [3.63, 3.8) is 0 Å². The highest BCUT2D eigenvalue weighted by atomic mass is 35.5. The van der Waals surface area contributed by atoms with Crippen molar-refractivity contribution in [2.24, 2.45) is 0 Å². The summed E-state index contributed by atoms with van der Waals surface area (Å²) in [6.45, 7) is 3.96. The number of aliphatic hydroxyl groups is 1. The second kappa shape index (κ2) is 4.58. The minimum absolute atomic E-state index is 0.545. The van der Waals surface area contributed by atoms with Crippen LogP contribution in [0.4, 0.5) is 0 Å². The van der Waals surface area contributed by atoms with Gasteiger partial charge in [-0.1, -0.05) is 23.7 Å². The predicted octanol–water partition coefficient (Wildman–Crippen LogP) is 4.10. The monoisotopic (exact) mass is 252 g/mol. The SMILES string of the molecule is Cc1cc(C(O)c2sccc2C)ccc1Cl. The average molecular weight is 253 g/mol. The maximum Gasteiger partial charge on any atom is 0.113 e. The van der Waals surface area contributed by atoms with E-state index in [-0.39, 0.29) is 0 Å². The first-order valence-electron chi connectivity index (χ1n) is 5.07. The van der Waals surface area contributed by atoms with Gasteiger partial charge >= 0.3 is 0 Å². The van der Waals surface area contributed by atoms with E-state index in [0.29, 0.717) is 0 Å². The van der Waals surface area contributed by atoms with Gasteiger partial charge < -0.3 is 5.11 Å². The van der Waals surface area contributed by atoms with Gasteiger partial charge in [0.05, 0.1) is 0 Å². The Morgan fingerprint density at radius 2 is 1.94 bits per heavy atom. The van der Waals surface area contributed by atoms with Crippen LogP contribution in [0.5, 0.6) is 0 Å². The number of hydrogen-bond donors (Lipinski definition) is 1. The highest BCUT2D eigenvalue weighted by Crippen LogP contribution is 2.30. The van der Waals surface area contributed by atoms with Crippen molar-refractivity contribution in [3.8, 4) is 0 Å². The molecule has 0 saturated carbocycles. The van der Waals surface area contributed by atoms with E-state index in [2.05, 4.69) is 0 Å². The van der Waals surface area contributed by atoms with Crippen LogP contribution < -0.4 is 0 Å². The second-order valence-corrected chi connectivity index (χ2v) is 5.23. The Labute approximate surface area is 104 Å². The fraction of sp³-hybridized carbons (Fsp3) is 0.231. The molecule has 1 heterocycles. The minimum atomic E-state index is -0.545. The third-order valence-corrected chi connectivity index (χ3v) is 4.14. The first kappa shape index (κ1) is 11.6. The maximum absolute atomic E-state index is 10.2. The van der Waals surface area contributed by atoms with Crippen LogP contribution in [0, 0.1) is 13.8 Å². The fourth-order valence-corrected chi connectivity index (χ4v) is 2.71. The molecule has 84 valence electrons. The standard InChI is InChI=1S/C13H13ClOS/c1-8-5-6-16-13(8)12(15)10-3-4-11(14)9(2)7-10/h3-7,12,15H,1-2H3. The van der Waals surface area contributed by atoms with Crippen molar-refractivity contribution in [1.82, 2.24) is 0 Å². The van der Waals surface area contributed by atoms with Gasteiger partial charge in [-0.15, -0.1) is 11.3 Å². The fourth-order valence-electron chi connectivity index (χ4n) is 1.65. The van der Waals surface area contributed by atoms with Crippen LogP contribution >= 0.6 is 22.9 Å². The molecule has 1 unspecified atom stereocenters. The van der Waals surface area contributed by atoms with Crippen LogP contribution in [0.1, 0.15) is 27.7 Å². The summed E-state index contributed by atoms with van der Waals surface area (Å²) in [5.41, 5.74) is 3.02. The summed E-state index contributed by atoms with van der Waals surface area (Å²) in [5, 5.41) is 13.0. The predicted molar refractivity (Wildman–Crippen MR) is 69.3 cm³/mol. The molecule has 0 aliphatic carbocycles. The highest BCUT2D eigenvalue weighted by molar-refractivity contribution is 7.10. The lowest BCUT2D eigenvalue weighted by atomic mass is 10.0. The molecule has 0 aliphatic heterocycles. The Morgan fingerprint density at radius 3 is 2.50 bits per heavy atom. The number of thiophene rings is 1. The zero-order valence-corrected chi connectivity index (χ0v) is 10.8. The number of hydrogen-bond acceptors (Lipinski definition) is 2. The summed E-state index contributed by atoms with van der Waals surface area (Å²) in [5.74, 6) is 0. The summed E-state index contributed by atoms with van der Waals surface area (Å²) in [6, 6.07) is 7.66. The van der Waals surface area contributed by atoms with Gasteiger partial charge in [0.15, 0.2) is 0 Å². The van der Waals surface area contributed by atoms with Crippen molar-refractivity contribution in [2.75, 3.05) is 0 Å². The molecule has 2 rings (SSSR count). The summed E-state index contributed by atoms with van der Waals surface area (Å²) >= 11 is 7.54. The van der Waals surface area contributed by atoms with E-state index >= 15 is 0 Å². The maximum atomic E-state index is 10.2. The molecule has 0 aliphatic rings. The van der Waals surface area contributed by atoms with Gasteiger partial charge in [0.1, 0.15) is 6.10 Å². The second-order valence-electron chi connectivity index (χ2n) is 3.88. The Kier molecular flexibility index (Phi) is 3.33. The van der Waals surface area contributed by atoms with Gasteiger partial charge in [-0.2, -0.15) is 0 Å². The highest BCUT2D eigenvalue weighted by Gasteiger charge is 2.14. The van der Waals surface area contributed by atoms with Crippen LogP contribution in [0.15, 0.2) is 29.6 Å². The van der Waals surface area contributed by atoms with E-state index < -0.39 is 6.10 Å². The molecule has 2 aromatic rings. The van der Waals surface area contributed by atoms with E-state index in [1.807, 2.05) is 43.5 Å². The first-order chi connectivity index (χ1) is 7.59. The van der Waals surface area contributed by atoms with Crippen molar-refractivity contribution < 1.29 is 5.11 Å². The molecule has 1 nitrogen and oxygen atoms in total. The van der Waals surface area contributed by atoms with Crippen LogP contribution in [-0.2, 0) is 0 Å². The molecule has 1 atom stereocenters. The first-order valence-corrected chi connectivity index (χ1v) is 6.33. The molecular weight excluding hydrogens is 240 g/mol. The van der Waals surface area contributed by atoms with Gasteiger partial charge in [0, 0.05) is 9.90 Å². The minimum Gasteiger partial charge on any atom is -0.383 e. The van der Waals surface area contributed by atoms with Gasteiger partial charge in [-0.3, -0.25) is 0 Å². The molecule has 16 heavy (non-hydrogen) atoms. The number of aliphatic hydroxyl groups excluding tert-OH is 1. The summed E-state index contributed by atoms with van der Waals surface area (Å²) < 4.78 is 0. The van der Waals surface area contributed by atoms with Crippen LogP contribution in [-0.4, -0.2) is 5.11 Å². The van der Waals surface area contributed by atoms with E-state index in [1.54, 1.807) is 11.3 Å². The molecule has 0 amide bonds. The number of benzene rings is 1. The zero-order chi connectivity index (χ0) is 11.7. The Balaban J connectivity index is 2.38. The molecule has 3 heteroatoms. The molecule has 1 N–H and O–H groups in total. The van der Waals surface area contributed by atoms with Crippen molar-refractivity contribution in [3.05, 3.63) is 56.2 Å². The molecule has 0 saturated heterocycles. The molecule has 1 aromatic carbocycles. The van der Waals surface area contributed by atoms with E-state index in [0.717, 1.165) is 26.6 Å². The molecule has 0 radical (unpaired) electrons. The molecule has 0 bridgehead atoms. The van der Waals surface area contributed by atoms with Crippen LogP contribution in [0.2, 0.25) is 5.02 Å². The van der Waals surface area contributed by atoms with E-state index in [9.17, 15) is 5.11 Å². The quantitative estimate of drug-likeness (QED) is 0.853. The lowest BCUT2D eigenvalue weighted by Gasteiger charge is -2.11. The van der Waals surface area contributed by atoms with Gasteiger partial charge in [0.25, 0.3) is 0 Å². The molecule has 0 fully saturated rings. The van der Waals surface area contributed by atoms with Gasteiger partial charge in [0.2, 0.25) is 0 Å². The summed E-state index contributed by atoms with van der Waals surface area (Å²) in [7, 11) is 0. The van der Waals surface area contributed by atoms with Crippen molar-refractivity contribution >= 4 is 22.9 Å². The smallest absolute Gasteiger partial charge is 0.113 e. The Morgan fingerprint density at radius 1 is 1.19 bits per heavy atom. The molecule has 1 aromatic heterocycles. The largest absolute Gasteiger partial charge is 0.383 e. The third-order valence-electron chi connectivity index (χ3n) is 2.65. The Bertz CT molecular complexity index is 504. The normalized spacial score (nSPS) is 12.8. The lowest BCUT2D eigenvalue weighted by Crippen LogP contribution is -1.99. The lowest BCUT2D eigenvalue weighted by molar-refractivity contribution is 0.223. The number of rotatable bonds is 2. The number of aryl methyl sites for hydroxylation is 2. The summed E-state index contributed by atoms with van der Waals surface area (Å²) in [4.78, 5) is 1.00. The average Bonchev–Trinajstić information content (AvgIpc) is 2.67. The summed E-state index contributed by atoms with van der Waals surface area (Å²) in [6.07, 6.45) is -0.545. The van der Waals surface area contributed by atoms with Crippen LogP contribution in [0.3, 0.4) is 0 Å². The van der Waals surface area contributed by atoms with Crippen LogP contribution in [0.25, 0.3) is 0 Å². The Hall–Kier alpha value is -0.830. The van der Waals surface area contributed by atoms with E-state index in [4.69, 9.17) is 11.6 Å². The number of halogens is 1. The zero-order valence-electron chi connectivity index (χ0n) is 9.20. The van der Waals surface area contributed by atoms with Crippen molar-refractivity contribution in [1.29, 1.82) is 0 Å².